The zero-order valence-electron chi connectivity index (χ0n) is 7.22. The number of hydrogen-bond donors (Lipinski definition) is 1. The number of allylic oxidation sites excluding steroid dienone is 2. The van der Waals surface area contributed by atoms with Gasteiger partial charge in [-0.15, -0.1) is 0 Å². The Kier molecular flexibility index (Phi) is 5.32. The van der Waals surface area contributed by atoms with E-state index in [9.17, 15) is 0 Å². The average Bonchev–Trinajstić information content (AvgIpc) is 1.82. The highest BCUT2D eigenvalue weighted by atomic mass is 16.2. The largest absolute Gasteiger partial charge is 0.396 e. The standard InChI is InChI=1S/C9H18O/c1-8(2)7-9(3)5-4-6-10/h7,9-10H,4-6H2,1-3H3/t9-/m1/s1. The Morgan fingerprint density at radius 1 is 1.50 bits per heavy atom. The third-order valence-corrected chi connectivity index (χ3v) is 1.44. The lowest BCUT2D eigenvalue weighted by atomic mass is 10.0. The van der Waals surface area contributed by atoms with Gasteiger partial charge < -0.3 is 5.11 Å². The Labute approximate surface area is 63.8 Å². The molecule has 0 bridgehead atoms. The third-order valence-electron chi connectivity index (χ3n) is 1.44. The molecule has 1 N–H and O–H groups in total. The number of hydrogen-bond acceptors (Lipinski definition) is 1. The first kappa shape index (κ1) is 9.70. The molecule has 0 aromatic heterocycles. The summed E-state index contributed by atoms with van der Waals surface area (Å²) in [5.41, 5.74) is 1.37. The molecule has 0 saturated heterocycles. The van der Waals surface area contributed by atoms with Crippen LogP contribution in [0.15, 0.2) is 11.6 Å². The van der Waals surface area contributed by atoms with E-state index in [4.69, 9.17) is 5.11 Å². The van der Waals surface area contributed by atoms with Crippen molar-refractivity contribution in [2.45, 2.75) is 33.6 Å². The first-order valence-electron chi connectivity index (χ1n) is 3.92. The monoisotopic (exact) mass is 142 g/mol. The van der Waals surface area contributed by atoms with E-state index >= 15 is 0 Å². The van der Waals surface area contributed by atoms with Crippen molar-refractivity contribution in [2.75, 3.05) is 6.61 Å². The normalized spacial score (nSPS) is 12.8. The Bertz CT molecular complexity index is 101. The summed E-state index contributed by atoms with van der Waals surface area (Å²) in [5, 5.41) is 8.53. The second kappa shape index (κ2) is 5.48. The molecule has 0 rings (SSSR count). The maximum Gasteiger partial charge on any atom is 0.0431 e. The number of aliphatic hydroxyl groups excluding tert-OH is 1. The van der Waals surface area contributed by atoms with E-state index in [2.05, 4.69) is 26.8 Å². The van der Waals surface area contributed by atoms with Gasteiger partial charge in [0, 0.05) is 6.61 Å². The van der Waals surface area contributed by atoms with E-state index in [-0.39, 0.29) is 0 Å². The van der Waals surface area contributed by atoms with Crippen molar-refractivity contribution in [1.82, 2.24) is 0 Å². The molecule has 1 nitrogen and oxygen atoms in total. The van der Waals surface area contributed by atoms with Crippen LogP contribution in [-0.2, 0) is 0 Å². The van der Waals surface area contributed by atoms with Crippen molar-refractivity contribution in [1.29, 1.82) is 0 Å². The lowest BCUT2D eigenvalue weighted by Crippen LogP contribution is -1.92. The van der Waals surface area contributed by atoms with Crippen LogP contribution in [0, 0.1) is 5.92 Å². The minimum Gasteiger partial charge on any atom is -0.396 e. The molecule has 0 amide bonds. The van der Waals surface area contributed by atoms with Crippen LogP contribution >= 0.6 is 0 Å². The van der Waals surface area contributed by atoms with E-state index in [1.54, 1.807) is 0 Å². The van der Waals surface area contributed by atoms with E-state index in [1.165, 1.54) is 5.57 Å². The van der Waals surface area contributed by atoms with Crippen molar-refractivity contribution in [2.24, 2.45) is 5.92 Å². The fourth-order valence-corrected chi connectivity index (χ4v) is 1.07. The van der Waals surface area contributed by atoms with Crippen molar-refractivity contribution in [3.05, 3.63) is 11.6 Å². The average molecular weight is 142 g/mol. The van der Waals surface area contributed by atoms with E-state index in [0.29, 0.717) is 12.5 Å². The van der Waals surface area contributed by atoms with Gasteiger partial charge in [-0.1, -0.05) is 18.6 Å². The van der Waals surface area contributed by atoms with E-state index in [1.807, 2.05) is 0 Å². The van der Waals surface area contributed by atoms with Gasteiger partial charge in [-0.2, -0.15) is 0 Å². The van der Waals surface area contributed by atoms with Crippen LogP contribution in [0.5, 0.6) is 0 Å². The van der Waals surface area contributed by atoms with Crippen LogP contribution in [0.3, 0.4) is 0 Å². The molecule has 0 aliphatic carbocycles. The summed E-state index contributed by atoms with van der Waals surface area (Å²) >= 11 is 0. The number of rotatable bonds is 4. The molecule has 0 aromatic carbocycles. The third kappa shape index (κ3) is 5.83. The van der Waals surface area contributed by atoms with Crippen LogP contribution in [0.2, 0.25) is 0 Å². The van der Waals surface area contributed by atoms with Crippen molar-refractivity contribution in [3.63, 3.8) is 0 Å². The predicted molar refractivity (Wildman–Crippen MR) is 44.9 cm³/mol. The highest BCUT2D eigenvalue weighted by molar-refractivity contribution is 4.95. The minimum absolute atomic E-state index is 0.320. The molecule has 0 aromatic rings. The van der Waals surface area contributed by atoms with Crippen LogP contribution in [0.1, 0.15) is 33.6 Å². The van der Waals surface area contributed by atoms with Gasteiger partial charge in [-0.05, 0) is 32.6 Å². The smallest absolute Gasteiger partial charge is 0.0431 e. The maximum absolute atomic E-state index is 8.53. The fraction of sp³-hybridized carbons (Fsp3) is 0.778. The van der Waals surface area contributed by atoms with Crippen LogP contribution in [0.4, 0.5) is 0 Å². The summed E-state index contributed by atoms with van der Waals surface area (Å²) in [7, 11) is 0. The van der Waals surface area contributed by atoms with E-state index in [0.717, 1.165) is 12.8 Å². The van der Waals surface area contributed by atoms with Crippen molar-refractivity contribution >= 4 is 0 Å². The molecular formula is C9H18O. The molecule has 0 spiro atoms. The van der Waals surface area contributed by atoms with Crippen molar-refractivity contribution in [3.8, 4) is 0 Å². The summed E-state index contributed by atoms with van der Waals surface area (Å²) in [5.74, 6) is 0.622. The van der Waals surface area contributed by atoms with Crippen LogP contribution < -0.4 is 0 Å². The zero-order valence-corrected chi connectivity index (χ0v) is 7.22. The molecule has 0 saturated carbocycles. The van der Waals surface area contributed by atoms with Crippen molar-refractivity contribution < 1.29 is 5.11 Å². The lowest BCUT2D eigenvalue weighted by molar-refractivity contribution is 0.279. The summed E-state index contributed by atoms with van der Waals surface area (Å²) in [6.07, 6.45) is 4.27. The van der Waals surface area contributed by atoms with E-state index < -0.39 is 0 Å². The van der Waals surface area contributed by atoms with Gasteiger partial charge in [-0.3, -0.25) is 0 Å². The molecule has 0 heterocycles. The topological polar surface area (TPSA) is 20.2 Å². The van der Waals surface area contributed by atoms with Gasteiger partial charge >= 0.3 is 0 Å². The number of aliphatic hydroxyl groups is 1. The molecule has 0 fully saturated rings. The molecule has 0 aliphatic heterocycles. The quantitative estimate of drug-likeness (QED) is 0.597. The molecule has 0 radical (unpaired) electrons. The maximum atomic E-state index is 8.53. The Hall–Kier alpha value is -0.300. The summed E-state index contributed by atoms with van der Waals surface area (Å²) < 4.78 is 0. The van der Waals surface area contributed by atoms with Crippen LogP contribution in [-0.4, -0.2) is 11.7 Å². The Morgan fingerprint density at radius 3 is 2.50 bits per heavy atom. The van der Waals surface area contributed by atoms with Gasteiger partial charge in [-0.25, -0.2) is 0 Å². The Balaban J connectivity index is 3.43. The van der Waals surface area contributed by atoms with Crippen LogP contribution in [0.25, 0.3) is 0 Å². The zero-order chi connectivity index (χ0) is 7.98. The van der Waals surface area contributed by atoms with Gasteiger partial charge in [0.05, 0.1) is 0 Å². The Morgan fingerprint density at radius 2 is 2.10 bits per heavy atom. The molecule has 60 valence electrons. The lowest BCUT2D eigenvalue weighted by Gasteiger charge is -2.04. The first-order chi connectivity index (χ1) is 4.66. The van der Waals surface area contributed by atoms with Gasteiger partial charge in [0.1, 0.15) is 0 Å². The highest BCUT2D eigenvalue weighted by Crippen LogP contribution is 2.08. The minimum atomic E-state index is 0.320. The summed E-state index contributed by atoms with van der Waals surface area (Å²) in [6, 6.07) is 0. The molecule has 10 heavy (non-hydrogen) atoms. The van der Waals surface area contributed by atoms with Gasteiger partial charge in [0.2, 0.25) is 0 Å². The molecule has 1 heteroatoms. The van der Waals surface area contributed by atoms with Gasteiger partial charge in [0.15, 0.2) is 0 Å². The first-order valence-corrected chi connectivity index (χ1v) is 3.92. The second-order valence-electron chi connectivity index (χ2n) is 3.09. The molecule has 0 aliphatic rings. The highest BCUT2D eigenvalue weighted by Gasteiger charge is 1.95. The summed E-state index contributed by atoms with van der Waals surface area (Å²) in [4.78, 5) is 0. The second-order valence-corrected chi connectivity index (χ2v) is 3.09. The molecule has 1 atom stereocenters. The van der Waals surface area contributed by atoms with Gasteiger partial charge in [0.25, 0.3) is 0 Å². The predicted octanol–water partition coefficient (Wildman–Crippen LogP) is 2.36. The molecular weight excluding hydrogens is 124 g/mol. The SMILES string of the molecule is CC(C)=C[C@H](C)CCCO. The molecule has 0 unspecified atom stereocenters. The fourth-order valence-electron chi connectivity index (χ4n) is 1.07. The summed E-state index contributed by atoms with van der Waals surface area (Å²) in [6.45, 7) is 6.72.